The van der Waals surface area contributed by atoms with Crippen LogP contribution < -0.4 is 19.7 Å². The van der Waals surface area contributed by atoms with Gasteiger partial charge in [0.05, 0.1) is 11.7 Å². The molecular formula is C25H21N5O2S. The summed E-state index contributed by atoms with van der Waals surface area (Å²) in [7, 11) is 0. The quantitative estimate of drug-likeness (QED) is 0.455. The second-order valence-electron chi connectivity index (χ2n) is 8.03. The van der Waals surface area contributed by atoms with Gasteiger partial charge in [0.2, 0.25) is 6.79 Å². The number of hydrogen-bond donors (Lipinski definition) is 1. The molecule has 0 unspecified atom stereocenters. The number of aromatic nitrogens is 3. The number of nitrogens with one attached hydrogen (secondary N) is 1. The fraction of sp³-hybridized carbons (Fsp3) is 0.160. The van der Waals surface area contributed by atoms with Crippen LogP contribution >= 0.6 is 12.2 Å². The van der Waals surface area contributed by atoms with Crippen molar-refractivity contribution in [2.75, 3.05) is 11.7 Å². The molecule has 0 aliphatic carbocycles. The van der Waals surface area contributed by atoms with E-state index in [0.717, 1.165) is 34.2 Å². The molecule has 4 aromatic rings. The maximum atomic E-state index is 5.85. The average Bonchev–Trinajstić information content (AvgIpc) is 3.57. The van der Waals surface area contributed by atoms with E-state index in [1.165, 1.54) is 0 Å². The number of rotatable bonds is 4. The summed E-state index contributed by atoms with van der Waals surface area (Å²) in [6, 6.07) is 19.8. The van der Waals surface area contributed by atoms with Crippen LogP contribution in [0.25, 0.3) is 5.82 Å². The molecule has 164 valence electrons. The second kappa shape index (κ2) is 7.90. The van der Waals surface area contributed by atoms with Gasteiger partial charge in [0, 0.05) is 36.0 Å². The molecule has 7 nitrogen and oxygen atoms in total. The molecule has 0 amide bonds. The molecule has 5 heterocycles. The van der Waals surface area contributed by atoms with E-state index in [2.05, 4.69) is 36.9 Å². The highest BCUT2D eigenvalue weighted by atomic mass is 32.1. The normalized spacial score (nSPS) is 19.1. The number of ether oxygens (including phenoxy) is 2. The highest BCUT2D eigenvalue weighted by Gasteiger charge is 2.42. The number of thiocarbonyl (C=S) groups is 1. The van der Waals surface area contributed by atoms with Crippen LogP contribution in [0.15, 0.2) is 79.3 Å². The summed E-state index contributed by atoms with van der Waals surface area (Å²) >= 11 is 5.85. The smallest absolute Gasteiger partial charge is 0.231 e. The zero-order chi connectivity index (χ0) is 22.4. The molecule has 1 fully saturated rings. The predicted octanol–water partition coefficient (Wildman–Crippen LogP) is 4.48. The summed E-state index contributed by atoms with van der Waals surface area (Å²) in [5, 5.41) is 4.13. The molecule has 33 heavy (non-hydrogen) atoms. The van der Waals surface area contributed by atoms with Crippen LogP contribution in [-0.4, -0.2) is 26.4 Å². The van der Waals surface area contributed by atoms with Crippen molar-refractivity contribution in [2.45, 2.75) is 19.0 Å². The van der Waals surface area contributed by atoms with Crippen molar-refractivity contribution < 1.29 is 9.47 Å². The van der Waals surface area contributed by atoms with Gasteiger partial charge in [-0.05, 0) is 67.2 Å². The van der Waals surface area contributed by atoms with Crippen LogP contribution in [0.5, 0.6) is 11.5 Å². The van der Waals surface area contributed by atoms with E-state index in [4.69, 9.17) is 21.7 Å². The molecule has 1 saturated heterocycles. The molecule has 2 aliphatic heterocycles. The first kappa shape index (κ1) is 19.8. The van der Waals surface area contributed by atoms with Crippen molar-refractivity contribution >= 4 is 23.0 Å². The number of hydrogen-bond acceptors (Lipinski definition) is 5. The Morgan fingerprint density at radius 1 is 1.00 bits per heavy atom. The van der Waals surface area contributed by atoms with E-state index in [-0.39, 0.29) is 18.9 Å². The first-order valence-corrected chi connectivity index (χ1v) is 11.1. The maximum absolute atomic E-state index is 5.85. The summed E-state index contributed by atoms with van der Waals surface area (Å²) in [6.07, 6.45) is 5.71. The Bertz CT molecular complexity index is 1320. The zero-order valence-corrected chi connectivity index (χ0v) is 18.7. The summed E-state index contributed by atoms with van der Waals surface area (Å²) in [5.74, 6) is 2.30. The lowest BCUT2D eigenvalue weighted by Gasteiger charge is -2.29. The SMILES string of the molecule is Cc1ccc(-n2cccc2[C@H]2[C@H](c3ccccn3)NC(=S)N2c2ccc3c(c2)OCO3)nc1. The molecule has 2 aliphatic rings. The zero-order valence-electron chi connectivity index (χ0n) is 17.9. The van der Waals surface area contributed by atoms with E-state index < -0.39 is 0 Å². The van der Waals surface area contributed by atoms with Gasteiger partial charge in [0.25, 0.3) is 0 Å². The van der Waals surface area contributed by atoms with Gasteiger partial charge in [0.1, 0.15) is 11.9 Å². The summed E-state index contributed by atoms with van der Waals surface area (Å²) < 4.78 is 13.2. The van der Waals surface area contributed by atoms with Crippen molar-refractivity contribution in [3.63, 3.8) is 0 Å². The topological polar surface area (TPSA) is 64.4 Å². The monoisotopic (exact) mass is 455 g/mol. The van der Waals surface area contributed by atoms with Crippen LogP contribution in [0.1, 0.15) is 29.0 Å². The van der Waals surface area contributed by atoms with E-state index in [1.807, 2.05) is 67.8 Å². The lowest BCUT2D eigenvalue weighted by Crippen LogP contribution is -2.30. The number of benzene rings is 1. The largest absolute Gasteiger partial charge is 0.454 e. The maximum Gasteiger partial charge on any atom is 0.231 e. The van der Waals surface area contributed by atoms with E-state index in [9.17, 15) is 0 Å². The van der Waals surface area contributed by atoms with Gasteiger partial charge in [-0.3, -0.25) is 4.98 Å². The van der Waals surface area contributed by atoms with Gasteiger partial charge in [0.15, 0.2) is 16.6 Å². The Hall–Kier alpha value is -3.91. The summed E-state index contributed by atoms with van der Waals surface area (Å²) in [4.78, 5) is 11.4. The minimum absolute atomic E-state index is 0.150. The van der Waals surface area contributed by atoms with Gasteiger partial charge < -0.3 is 24.3 Å². The van der Waals surface area contributed by atoms with Crippen LogP contribution in [0.3, 0.4) is 0 Å². The average molecular weight is 456 g/mol. The minimum Gasteiger partial charge on any atom is -0.454 e. The highest BCUT2D eigenvalue weighted by molar-refractivity contribution is 7.80. The molecule has 0 radical (unpaired) electrons. The van der Waals surface area contributed by atoms with Crippen molar-refractivity contribution in [3.8, 4) is 17.3 Å². The Kier molecular flexibility index (Phi) is 4.73. The molecule has 1 N–H and O–H groups in total. The number of fused-ring (bicyclic) bond motifs is 1. The van der Waals surface area contributed by atoms with Gasteiger partial charge in [-0.2, -0.15) is 0 Å². The third kappa shape index (κ3) is 3.39. The van der Waals surface area contributed by atoms with Gasteiger partial charge in [-0.1, -0.05) is 12.1 Å². The lowest BCUT2D eigenvalue weighted by atomic mass is 10.0. The third-order valence-corrected chi connectivity index (χ3v) is 6.27. The van der Waals surface area contributed by atoms with Gasteiger partial charge in [-0.25, -0.2) is 4.98 Å². The van der Waals surface area contributed by atoms with Gasteiger partial charge in [-0.15, -0.1) is 0 Å². The summed E-state index contributed by atoms with van der Waals surface area (Å²) in [6.45, 7) is 2.26. The minimum atomic E-state index is -0.161. The second-order valence-corrected chi connectivity index (χ2v) is 8.42. The number of aryl methyl sites for hydroxylation is 1. The van der Waals surface area contributed by atoms with Crippen molar-refractivity contribution in [2.24, 2.45) is 0 Å². The fourth-order valence-corrected chi connectivity index (χ4v) is 4.76. The Morgan fingerprint density at radius 3 is 2.73 bits per heavy atom. The number of anilines is 1. The molecule has 0 spiro atoms. The molecule has 1 aromatic carbocycles. The molecule has 6 rings (SSSR count). The number of pyridine rings is 2. The van der Waals surface area contributed by atoms with E-state index in [0.29, 0.717) is 10.9 Å². The molecule has 2 atom stereocenters. The van der Waals surface area contributed by atoms with Crippen LogP contribution in [0, 0.1) is 6.92 Å². The molecule has 0 saturated carbocycles. The third-order valence-electron chi connectivity index (χ3n) is 5.96. The molecule has 3 aromatic heterocycles. The van der Waals surface area contributed by atoms with Crippen LogP contribution in [0.4, 0.5) is 5.69 Å². The predicted molar refractivity (Wildman–Crippen MR) is 129 cm³/mol. The molecule has 8 heteroatoms. The number of nitrogens with zero attached hydrogens (tertiary/aromatic N) is 4. The standard InChI is InChI=1S/C25H21N5O2S/c1-16-7-10-22(27-14-16)29-12-4-6-19(29)24-23(18-5-2-3-11-26-18)28-25(33)30(24)17-8-9-20-21(13-17)32-15-31-20/h2-14,23-24H,15H2,1H3,(H,28,33)/t23-,24-/m0/s1. The van der Waals surface area contributed by atoms with Crippen molar-refractivity contribution in [1.82, 2.24) is 19.9 Å². The van der Waals surface area contributed by atoms with Crippen molar-refractivity contribution in [1.29, 1.82) is 0 Å². The summed E-state index contributed by atoms with van der Waals surface area (Å²) in [5.41, 5.74) is 4.00. The van der Waals surface area contributed by atoms with Crippen LogP contribution in [0.2, 0.25) is 0 Å². The Balaban J connectivity index is 1.50. The van der Waals surface area contributed by atoms with Gasteiger partial charge >= 0.3 is 0 Å². The Morgan fingerprint density at radius 2 is 1.91 bits per heavy atom. The van der Waals surface area contributed by atoms with E-state index in [1.54, 1.807) is 6.20 Å². The van der Waals surface area contributed by atoms with E-state index >= 15 is 0 Å². The molecular weight excluding hydrogens is 434 g/mol. The highest BCUT2D eigenvalue weighted by Crippen LogP contribution is 2.44. The van der Waals surface area contributed by atoms with Crippen molar-refractivity contribution in [3.05, 3.63) is 96.2 Å². The van der Waals surface area contributed by atoms with Crippen LogP contribution in [-0.2, 0) is 0 Å². The first-order valence-electron chi connectivity index (χ1n) is 10.7. The first-order chi connectivity index (χ1) is 16.2. The molecule has 0 bridgehead atoms. The Labute approximate surface area is 196 Å². The fourth-order valence-electron chi connectivity index (χ4n) is 4.41. The lowest BCUT2D eigenvalue weighted by molar-refractivity contribution is 0.174.